The van der Waals surface area contributed by atoms with Gasteiger partial charge >= 0.3 is 5.97 Å². The maximum absolute atomic E-state index is 10.4. The Hall–Kier alpha value is -1.25. The maximum atomic E-state index is 10.4. The fourth-order valence-electron chi connectivity index (χ4n) is 0.478. The second-order valence-electron chi connectivity index (χ2n) is 1.47. The first-order valence-corrected chi connectivity index (χ1v) is 2.24. The van der Waals surface area contributed by atoms with Crippen LogP contribution in [-0.4, -0.2) is 11.1 Å². The summed E-state index contributed by atoms with van der Waals surface area (Å²) >= 11 is 0. The molecule has 0 aliphatic heterocycles. The van der Waals surface area contributed by atoms with Gasteiger partial charge in [0, 0.05) is 4.11 Å². The Bertz CT molecular complexity index is 299. The first-order chi connectivity index (χ1) is 5.43. The SMILES string of the molecule is [2H]C([2H])([2H])c1occc1C(=O)O. The van der Waals surface area contributed by atoms with Crippen molar-refractivity contribution in [2.75, 3.05) is 0 Å². The van der Waals surface area contributed by atoms with Gasteiger partial charge in [-0.05, 0) is 12.9 Å². The predicted molar refractivity (Wildman–Crippen MR) is 30.4 cm³/mol. The van der Waals surface area contributed by atoms with Crippen LogP contribution < -0.4 is 0 Å². The van der Waals surface area contributed by atoms with Crippen LogP contribution in [0.15, 0.2) is 16.7 Å². The molecule has 1 rings (SSSR count). The molecule has 0 saturated carbocycles. The first kappa shape index (κ1) is 3.06. The Morgan fingerprint density at radius 3 is 3.22 bits per heavy atom. The summed E-state index contributed by atoms with van der Waals surface area (Å²) < 4.78 is 25.2. The highest BCUT2D eigenvalue weighted by molar-refractivity contribution is 5.88. The van der Waals surface area contributed by atoms with Gasteiger partial charge in [-0.25, -0.2) is 4.79 Å². The quantitative estimate of drug-likeness (QED) is 0.621. The second kappa shape index (κ2) is 1.93. The van der Waals surface area contributed by atoms with E-state index in [1.807, 2.05) is 0 Å². The zero-order valence-corrected chi connectivity index (χ0v) is 4.42. The molecule has 3 heteroatoms. The standard InChI is InChI=1S/C6H6O3/c1-4-5(6(7)8)2-3-9-4/h2-3H,1H3,(H,7,8)/i1D3. The molecule has 0 aliphatic carbocycles. The summed E-state index contributed by atoms with van der Waals surface area (Å²) in [6.07, 6.45) is 1.05. The molecule has 1 N–H and O–H groups in total. The molecule has 0 spiro atoms. The minimum Gasteiger partial charge on any atom is -0.478 e. The molecule has 1 heterocycles. The zero-order valence-electron chi connectivity index (χ0n) is 7.42. The highest BCUT2D eigenvalue weighted by Crippen LogP contribution is 2.07. The van der Waals surface area contributed by atoms with Gasteiger partial charge in [0.15, 0.2) is 0 Å². The van der Waals surface area contributed by atoms with Crippen molar-refractivity contribution in [3.8, 4) is 0 Å². The molecule has 9 heavy (non-hydrogen) atoms. The average Bonchev–Trinajstić information content (AvgIpc) is 2.30. The normalized spacial score (nSPS) is 15.8. The van der Waals surface area contributed by atoms with Crippen molar-refractivity contribution in [2.45, 2.75) is 6.85 Å². The number of carbonyl (C=O) groups is 1. The van der Waals surface area contributed by atoms with Crippen molar-refractivity contribution < 1.29 is 18.4 Å². The summed E-state index contributed by atoms with van der Waals surface area (Å²) in [5.74, 6) is -1.77. The van der Waals surface area contributed by atoms with Gasteiger partial charge in [0.2, 0.25) is 0 Å². The molecule has 1 aromatic rings. The summed E-state index contributed by atoms with van der Waals surface area (Å²) in [5, 5.41) is 8.51. The molecule has 0 aromatic carbocycles. The van der Waals surface area contributed by atoms with Crippen molar-refractivity contribution in [3.63, 3.8) is 0 Å². The molecule has 0 atom stereocenters. The van der Waals surface area contributed by atoms with Crippen LogP contribution in [0.25, 0.3) is 0 Å². The van der Waals surface area contributed by atoms with Crippen molar-refractivity contribution in [1.82, 2.24) is 0 Å². The lowest BCUT2D eigenvalue weighted by atomic mass is 10.3. The number of rotatable bonds is 1. The molecule has 0 saturated heterocycles. The summed E-state index contributed by atoms with van der Waals surface area (Å²) in [6.45, 7) is -2.50. The first-order valence-electron chi connectivity index (χ1n) is 3.74. The Kier molecular flexibility index (Phi) is 0.656. The van der Waals surface area contributed by atoms with Crippen LogP contribution in [0.4, 0.5) is 0 Å². The van der Waals surface area contributed by atoms with Crippen LogP contribution in [0, 0.1) is 6.85 Å². The third-order valence-electron chi connectivity index (χ3n) is 0.896. The van der Waals surface area contributed by atoms with E-state index in [0.29, 0.717) is 0 Å². The smallest absolute Gasteiger partial charge is 0.339 e. The molecule has 48 valence electrons. The van der Waals surface area contributed by atoms with Crippen molar-refractivity contribution >= 4 is 5.97 Å². The van der Waals surface area contributed by atoms with E-state index < -0.39 is 18.6 Å². The van der Waals surface area contributed by atoms with Gasteiger partial charge in [-0.15, -0.1) is 0 Å². The lowest BCUT2D eigenvalue weighted by molar-refractivity contribution is 0.0695. The van der Waals surface area contributed by atoms with Crippen LogP contribution in [0.1, 0.15) is 20.2 Å². The molecule has 0 aliphatic rings. The number of aryl methyl sites for hydroxylation is 1. The molecule has 0 bridgehead atoms. The van der Waals surface area contributed by atoms with E-state index in [1.54, 1.807) is 0 Å². The Morgan fingerprint density at radius 1 is 2.00 bits per heavy atom. The third-order valence-corrected chi connectivity index (χ3v) is 0.896. The van der Waals surface area contributed by atoms with Crippen LogP contribution in [0.5, 0.6) is 0 Å². The van der Waals surface area contributed by atoms with Crippen molar-refractivity contribution in [2.24, 2.45) is 0 Å². The van der Waals surface area contributed by atoms with Gasteiger partial charge in [0.25, 0.3) is 0 Å². The van der Waals surface area contributed by atoms with E-state index in [0.717, 1.165) is 12.3 Å². The molecule has 3 nitrogen and oxygen atoms in total. The molecule has 0 radical (unpaired) electrons. The number of aromatic carboxylic acids is 1. The largest absolute Gasteiger partial charge is 0.478 e. The molecular weight excluding hydrogens is 120 g/mol. The van der Waals surface area contributed by atoms with Gasteiger partial charge in [-0.3, -0.25) is 0 Å². The molecule has 0 unspecified atom stereocenters. The van der Waals surface area contributed by atoms with Crippen LogP contribution in [0.3, 0.4) is 0 Å². The Balaban J connectivity index is 3.17. The molecule has 0 fully saturated rings. The summed E-state index contributed by atoms with van der Waals surface area (Å²) in [6, 6.07) is 1.12. The van der Waals surface area contributed by atoms with E-state index in [-0.39, 0.29) is 5.56 Å². The number of furan rings is 1. The van der Waals surface area contributed by atoms with Crippen molar-refractivity contribution in [3.05, 3.63) is 23.7 Å². The van der Waals surface area contributed by atoms with E-state index in [1.165, 1.54) is 0 Å². The fraction of sp³-hybridized carbons (Fsp3) is 0.167. The van der Waals surface area contributed by atoms with Crippen LogP contribution in [0.2, 0.25) is 0 Å². The van der Waals surface area contributed by atoms with Gasteiger partial charge in [-0.1, -0.05) is 0 Å². The lowest BCUT2D eigenvalue weighted by Crippen LogP contribution is -1.94. The highest BCUT2D eigenvalue weighted by atomic mass is 16.4. The molecule has 1 aromatic heterocycles. The second-order valence-corrected chi connectivity index (χ2v) is 1.47. The topological polar surface area (TPSA) is 50.4 Å². The monoisotopic (exact) mass is 129 g/mol. The number of hydrogen-bond acceptors (Lipinski definition) is 2. The third kappa shape index (κ3) is 0.937. The fourth-order valence-corrected chi connectivity index (χ4v) is 0.478. The highest BCUT2D eigenvalue weighted by Gasteiger charge is 2.07. The van der Waals surface area contributed by atoms with E-state index >= 15 is 0 Å². The molecular formula is C6H6O3. The predicted octanol–water partition coefficient (Wildman–Crippen LogP) is 1.29. The maximum Gasteiger partial charge on any atom is 0.339 e. The zero-order chi connectivity index (χ0) is 9.35. The average molecular weight is 129 g/mol. The van der Waals surface area contributed by atoms with E-state index in [2.05, 4.69) is 4.42 Å². The van der Waals surface area contributed by atoms with Crippen LogP contribution in [-0.2, 0) is 0 Å². The van der Waals surface area contributed by atoms with Crippen molar-refractivity contribution in [1.29, 1.82) is 0 Å². The van der Waals surface area contributed by atoms with Crippen LogP contribution >= 0.6 is 0 Å². The van der Waals surface area contributed by atoms with Gasteiger partial charge in [-0.2, -0.15) is 0 Å². The Morgan fingerprint density at radius 2 is 2.78 bits per heavy atom. The van der Waals surface area contributed by atoms with Gasteiger partial charge < -0.3 is 9.52 Å². The number of carboxylic acids is 1. The van der Waals surface area contributed by atoms with Gasteiger partial charge in [0.05, 0.1) is 6.26 Å². The Labute approximate surface area is 56.1 Å². The summed E-state index contributed by atoms with van der Waals surface area (Å²) in [7, 11) is 0. The minimum absolute atomic E-state index is 0.310. The lowest BCUT2D eigenvalue weighted by Gasteiger charge is -1.85. The number of carboxylic acid groups (broad SMARTS) is 1. The minimum atomic E-state index is -2.50. The summed E-state index contributed by atoms with van der Waals surface area (Å²) in [5.41, 5.74) is -0.310. The molecule has 0 amide bonds. The van der Waals surface area contributed by atoms with E-state index in [9.17, 15) is 4.79 Å². The van der Waals surface area contributed by atoms with Gasteiger partial charge in [0.1, 0.15) is 11.3 Å². The van der Waals surface area contributed by atoms with E-state index in [4.69, 9.17) is 9.22 Å². The summed E-state index contributed by atoms with van der Waals surface area (Å²) in [4.78, 5) is 10.4. The number of hydrogen-bond donors (Lipinski definition) is 1.